The lowest BCUT2D eigenvalue weighted by molar-refractivity contribution is 0.172. The minimum absolute atomic E-state index is 0.895. The van der Waals surface area contributed by atoms with Gasteiger partial charge in [-0.2, -0.15) is 0 Å². The van der Waals surface area contributed by atoms with E-state index in [1.54, 1.807) is 0 Å². The van der Waals surface area contributed by atoms with E-state index in [1.807, 2.05) is 0 Å². The fourth-order valence-corrected chi connectivity index (χ4v) is 5.21. The Balaban J connectivity index is 3.29. The summed E-state index contributed by atoms with van der Waals surface area (Å²) < 4.78 is 12.2. The van der Waals surface area contributed by atoms with Crippen molar-refractivity contribution in [3.63, 3.8) is 0 Å². The smallest absolute Gasteiger partial charge is 0.331 e. The molecule has 0 saturated heterocycles. The van der Waals surface area contributed by atoms with E-state index in [4.69, 9.17) is 8.85 Å². The van der Waals surface area contributed by atoms with Gasteiger partial charge in [0, 0.05) is 13.2 Å². The average Bonchev–Trinajstić information content (AvgIpc) is 2.70. The van der Waals surface area contributed by atoms with E-state index in [2.05, 4.69) is 26.9 Å². The zero-order chi connectivity index (χ0) is 21.5. The summed E-state index contributed by atoms with van der Waals surface area (Å²) in [6, 6.07) is 0. The topological polar surface area (TPSA) is 18.5 Å². The Bertz CT molecular complexity index is 307. The molecule has 0 aromatic heterocycles. The normalized spacial score (nSPS) is 12.0. The molecule has 0 fully saturated rings. The van der Waals surface area contributed by atoms with Gasteiger partial charge in [0.1, 0.15) is 0 Å². The minimum atomic E-state index is -1.89. The summed E-state index contributed by atoms with van der Waals surface area (Å²) in [4.78, 5) is 0. The molecular formula is C26H56O2Si. The molecule has 0 aliphatic rings. The standard InChI is InChI=1S/C26H56O2Si/c1-5-7-9-11-13-15-16-17-18-20-22-24-26-28-29(3,4)27-25-23-21-19-14-12-10-8-6-2/h5-26H2,1-4H3. The fraction of sp³-hybridized carbons (Fsp3) is 1.00. The lowest BCUT2D eigenvalue weighted by atomic mass is 10.1. The van der Waals surface area contributed by atoms with Crippen molar-refractivity contribution in [3.8, 4) is 0 Å². The van der Waals surface area contributed by atoms with Crippen LogP contribution in [0.3, 0.4) is 0 Å². The highest BCUT2D eigenvalue weighted by molar-refractivity contribution is 6.64. The predicted molar refractivity (Wildman–Crippen MR) is 133 cm³/mol. The molecule has 0 spiro atoms. The van der Waals surface area contributed by atoms with E-state index in [0.717, 1.165) is 13.2 Å². The molecule has 0 heterocycles. The van der Waals surface area contributed by atoms with Gasteiger partial charge in [0.05, 0.1) is 0 Å². The van der Waals surface area contributed by atoms with Gasteiger partial charge in [0.2, 0.25) is 0 Å². The van der Waals surface area contributed by atoms with Crippen LogP contribution in [0.4, 0.5) is 0 Å². The van der Waals surface area contributed by atoms with Gasteiger partial charge < -0.3 is 8.85 Å². The van der Waals surface area contributed by atoms with E-state index in [-0.39, 0.29) is 0 Å². The van der Waals surface area contributed by atoms with Crippen molar-refractivity contribution in [2.24, 2.45) is 0 Å². The molecule has 3 heteroatoms. The number of hydrogen-bond donors (Lipinski definition) is 0. The van der Waals surface area contributed by atoms with Crippen molar-refractivity contribution in [2.75, 3.05) is 13.2 Å². The highest BCUT2D eigenvalue weighted by Gasteiger charge is 2.23. The Kier molecular flexibility index (Phi) is 22.9. The van der Waals surface area contributed by atoms with Crippen LogP contribution in [-0.4, -0.2) is 21.8 Å². The van der Waals surface area contributed by atoms with E-state index in [1.165, 1.54) is 128 Å². The molecule has 0 aliphatic carbocycles. The maximum absolute atomic E-state index is 6.11. The Morgan fingerprint density at radius 3 is 0.897 bits per heavy atom. The van der Waals surface area contributed by atoms with Crippen LogP contribution in [0.2, 0.25) is 13.1 Å². The SMILES string of the molecule is CCCCCCCCCCCCCCO[Si](C)(C)OCCCCCCCCCC. The second kappa shape index (κ2) is 22.8. The maximum atomic E-state index is 6.11. The average molecular weight is 429 g/mol. The van der Waals surface area contributed by atoms with Crippen LogP contribution in [-0.2, 0) is 8.85 Å². The quantitative estimate of drug-likeness (QED) is 0.112. The first-order chi connectivity index (χ1) is 14.1. The molecule has 0 atom stereocenters. The van der Waals surface area contributed by atoms with Gasteiger partial charge in [-0.25, -0.2) is 0 Å². The third kappa shape index (κ3) is 24.3. The Morgan fingerprint density at radius 1 is 0.379 bits per heavy atom. The maximum Gasteiger partial charge on any atom is 0.331 e. The van der Waals surface area contributed by atoms with E-state index >= 15 is 0 Å². The highest BCUT2D eigenvalue weighted by Crippen LogP contribution is 2.14. The molecule has 0 saturated carbocycles. The molecule has 0 N–H and O–H groups in total. The van der Waals surface area contributed by atoms with Gasteiger partial charge in [0.25, 0.3) is 0 Å². The van der Waals surface area contributed by atoms with E-state index < -0.39 is 8.56 Å². The lowest BCUT2D eigenvalue weighted by Gasteiger charge is -2.23. The fourth-order valence-electron chi connectivity index (χ4n) is 3.86. The number of rotatable bonds is 24. The molecule has 0 unspecified atom stereocenters. The van der Waals surface area contributed by atoms with Crippen molar-refractivity contribution in [1.82, 2.24) is 0 Å². The van der Waals surface area contributed by atoms with Gasteiger partial charge in [-0.05, 0) is 25.9 Å². The third-order valence-electron chi connectivity index (χ3n) is 5.90. The van der Waals surface area contributed by atoms with Gasteiger partial charge in [-0.1, -0.05) is 129 Å². The summed E-state index contributed by atoms with van der Waals surface area (Å²) in [7, 11) is -1.89. The van der Waals surface area contributed by atoms with Gasteiger partial charge >= 0.3 is 8.56 Å². The Hall–Kier alpha value is 0.137. The second-order valence-electron chi connectivity index (χ2n) is 9.46. The Labute approximate surface area is 186 Å². The highest BCUT2D eigenvalue weighted by atomic mass is 28.4. The zero-order valence-electron chi connectivity index (χ0n) is 20.9. The largest absolute Gasteiger partial charge is 0.395 e. The monoisotopic (exact) mass is 428 g/mol. The third-order valence-corrected chi connectivity index (χ3v) is 7.69. The van der Waals surface area contributed by atoms with Crippen molar-refractivity contribution in [2.45, 2.75) is 155 Å². The van der Waals surface area contributed by atoms with Crippen LogP contribution in [0, 0.1) is 0 Å². The van der Waals surface area contributed by atoms with Gasteiger partial charge in [0.15, 0.2) is 0 Å². The van der Waals surface area contributed by atoms with Crippen LogP contribution in [0.15, 0.2) is 0 Å². The van der Waals surface area contributed by atoms with Crippen molar-refractivity contribution >= 4 is 8.56 Å². The first kappa shape index (κ1) is 29.1. The van der Waals surface area contributed by atoms with Crippen molar-refractivity contribution in [1.29, 1.82) is 0 Å². The van der Waals surface area contributed by atoms with E-state index in [0.29, 0.717) is 0 Å². The molecular weight excluding hydrogens is 372 g/mol. The molecule has 29 heavy (non-hydrogen) atoms. The summed E-state index contributed by atoms with van der Waals surface area (Å²) in [5, 5.41) is 0. The molecule has 0 radical (unpaired) electrons. The van der Waals surface area contributed by atoms with Crippen LogP contribution >= 0.6 is 0 Å². The van der Waals surface area contributed by atoms with Gasteiger partial charge in [-0.3, -0.25) is 0 Å². The van der Waals surface area contributed by atoms with Crippen molar-refractivity contribution in [3.05, 3.63) is 0 Å². The van der Waals surface area contributed by atoms with Gasteiger partial charge in [-0.15, -0.1) is 0 Å². The summed E-state index contributed by atoms with van der Waals surface area (Å²) in [5.41, 5.74) is 0. The second-order valence-corrected chi connectivity index (χ2v) is 12.8. The minimum Gasteiger partial charge on any atom is -0.395 e. The number of hydrogen-bond acceptors (Lipinski definition) is 2. The molecule has 0 bridgehead atoms. The molecule has 0 rings (SSSR count). The molecule has 0 aromatic rings. The van der Waals surface area contributed by atoms with Crippen LogP contribution in [0.25, 0.3) is 0 Å². The summed E-state index contributed by atoms with van der Waals surface area (Å²) in [6.07, 6.45) is 27.6. The van der Waals surface area contributed by atoms with E-state index in [9.17, 15) is 0 Å². The first-order valence-corrected chi connectivity index (χ1v) is 16.2. The molecule has 0 aromatic carbocycles. The van der Waals surface area contributed by atoms with Crippen LogP contribution in [0.5, 0.6) is 0 Å². The molecule has 0 aliphatic heterocycles. The van der Waals surface area contributed by atoms with Crippen molar-refractivity contribution < 1.29 is 8.85 Å². The molecule has 176 valence electrons. The summed E-state index contributed by atoms with van der Waals surface area (Å²) in [5.74, 6) is 0. The molecule has 2 nitrogen and oxygen atoms in total. The zero-order valence-corrected chi connectivity index (χ0v) is 21.9. The van der Waals surface area contributed by atoms with Crippen LogP contribution in [0.1, 0.15) is 142 Å². The molecule has 0 amide bonds. The lowest BCUT2D eigenvalue weighted by Crippen LogP contribution is -2.35. The Morgan fingerprint density at radius 2 is 0.621 bits per heavy atom. The predicted octanol–water partition coefficient (Wildman–Crippen LogP) is 9.56. The summed E-state index contributed by atoms with van der Waals surface area (Å²) >= 11 is 0. The summed E-state index contributed by atoms with van der Waals surface area (Å²) in [6.45, 7) is 10.8. The van der Waals surface area contributed by atoms with Crippen LogP contribution < -0.4 is 0 Å². The number of unbranched alkanes of at least 4 members (excludes halogenated alkanes) is 18. The first-order valence-electron chi connectivity index (χ1n) is 13.4.